The van der Waals surface area contributed by atoms with E-state index in [0.29, 0.717) is 41.6 Å². The normalized spacial score (nSPS) is 15.7. The molecule has 3 aromatic rings. The van der Waals surface area contributed by atoms with Gasteiger partial charge in [0, 0.05) is 43.4 Å². The molecule has 3 heterocycles. The van der Waals surface area contributed by atoms with E-state index in [1.54, 1.807) is 24.8 Å². The van der Waals surface area contributed by atoms with Crippen LogP contribution >= 0.6 is 0 Å². The number of para-hydroxylation sites is 1. The first kappa shape index (κ1) is 42.6. The number of aliphatic hydroxyl groups excluding tert-OH is 1. The second kappa shape index (κ2) is 19.6. The fraction of sp³-hybridized carbons (Fsp3) is 0.372. The maximum Gasteiger partial charge on any atom is 0.407 e. The smallest absolute Gasteiger partial charge is 0.407 e. The first-order chi connectivity index (χ1) is 27.7. The topological polar surface area (TPSA) is 193 Å². The van der Waals surface area contributed by atoms with Gasteiger partial charge >= 0.3 is 12.1 Å². The molecular weight excluding hydrogens is 746 g/mol. The van der Waals surface area contributed by atoms with Crippen molar-refractivity contribution in [3.05, 3.63) is 101 Å². The van der Waals surface area contributed by atoms with Crippen LogP contribution in [0.25, 0.3) is 0 Å². The van der Waals surface area contributed by atoms with Crippen molar-refractivity contribution in [1.82, 2.24) is 15.7 Å². The molecule has 0 saturated carbocycles. The SMILES string of the molecule is CC(C)(CO)NC(=O)OCc1ccc(C2=NOC(CN3C(=O)c4ccccc4C#Cc4ccccc43)C2)cc1.CC(C)CNC(=O)CCC(=O)ON1C(=O)CCC1=O. The Bertz CT molecular complexity index is 2100. The highest BCUT2D eigenvalue weighted by molar-refractivity contribution is 6.09. The summed E-state index contributed by atoms with van der Waals surface area (Å²) in [5, 5.41) is 19.3. The molecule has 1 saturated heterocycles. The molecule has 3 N–H and O–H groups in total. The van der Waals surface area contributed by atoms with Crippen molar-refractivity contribution in [3.8, 4) is 11.8 Å². The number of amides is 5. The first-order valence-electron chi connectivity index (χ1n) is 19.0. The average molecular weight is 794 g/mol. The second-order valence-electron chi connectivity index (χ2n) is 14.9. The van der Waals surface area contributed by atoms with Crippen LogP contribution < -0.4 is 15.5 Å². The summed E-state index contributed by atoms with van der Waals surface area (Å²) in [6, 6.07) is 22.5. The number of nitrogens with zero attached hydrogens (tertiary/aromatic N) is 3. The summed E-state index contributed by atoms with van der Waals surface area (Å²) < 4.78 is 5.25. The zero-order chi connectivity index (χ0) is 41.8. The van der Waals surface area contributed by atoms with Crippen molar-refractivity contribution < 1.29 is 48.3 Å². The van der Waals surface area contributed by atoms with Crippen LogP contribution in [0.5, 0.6) is 0 Å². The Kier molecular flexibility index (Phi) is 14.4. The highest BCUT2D eigenvalue weighted by Crippen LogP contribution is 2.28. The van der Waals surface area contributed by atoms with Crippen LogP contribution in [0, 0.1) is 17.8 Å². The van der Waals surface area contributed by atoms with E-state index in [4.69, 9.17) is 9.57 Å². The molecule has 3 aromatic carbocycles. The summed E-state index contributed by atoms with van der Waals surface area (Å²) in [6.45, 7) is 8.09. The largest absolute Gasteiger partial charge is 0.445 e. The zero-order valence-electron chi connectivity index (χ0n) is 32.9. The van der Waals surface area contributed by atoms with Crippen molar-refractivity contribution in [2.24, 2.45) is 11.1 Å². The molecule has 0 spiro atoms. The summed E-state index contributed by atoms with van der Waals surface area (Å²) in [6.07, 6.45) is -0.458. The summed E-state index contributed by atoms with van der Waals surface area (Å²) in [5.41, 5.74) is 4.52. The number of hydroxylamine groups is 2. The lowest BCUT2D eigenvalue weighted by Gasteiger charge is -2.27. The summed E-state index contributed by atoms with van der Waals surface area (Å²) in [7, 11) is 0. The van der Waals surface area contributed by atoms with Crippen LogP contribution in [-0.4, -0.2) is 82.9 Å². The lowest BCUT2D eigenvalue weighted by molar-refractivity contribution is -0.197. The molecule has 304 valence electrons. The van der Waals surface area contributed by atoms with Gasteiger partial charge in [-0.05, 0) is 55.2 Å². The minimum atomic E-state index is -0.761. The van der Waals surface area contributed by atoms with Gasteiger partial charge in [-0.3, -0.25) is 19.2 Å². The minimum Gasteiger partial charge on any atom is -0.445 e. The highest BCUT2D eigenvalue weighted by atomic mass is 16.7. The third kappa shape index (κ3) is 11.7. The Morgan fingerprint density at radius 1 is 0.931 bits per heavy atom. The summed E-state index contributed by atoms with van der Waals surface area (Å²) in [5.74, 6) is 4.48. The molecule has 5 amide bonds. The van der Waals surface area contributed by atoms with Gasteiger partial charge in [-0.15, -0.1) is 5.06 Å². The predicted molar refractivity (Wildman–Crippen MR) is 212 cm³/mol. The third-order valence-corrected chi connectivity index (χ3v) is 9.00. The molecular formula is C43H47N5O10. The molecule has 1 unspecified atom stereocenters. The van der Waals surface area contributed by atoms with E-state index in [2.05, 4.69) is 32.5 Å². The van der Waals surface area contributed by atoms with Crippen molar-refractivity contribution in [3.63, 3.8) is 0 Å². The average Bonchev–Trinajstić information content (AvgIpc) is 3.81. The number of oxime groups is 1. The van der Waals surface area contributed by atoms with Gasteiger partial charge in [0.15, 0.2) is 6.10 Å². The van der Waals surface area contributed by atoms with Gasteiger partial charge in [0.05, 0.1) is 42.1 Å². The number of benzene rings is 3. The number of aliphatic hydroxyl groups is 1. The summed E-state index contributed by atoms with van der Waals surface area (Å²) in [4.78, 5) is 82.8. The molecule has 1 fully saturated rings. The molecule has 0 aliphatic carbocycles. The molecule has 3 aliphatic heterocycles. The van der Waals surface area contributed by atoms with Crippen LogP contribution in [0.4, 0.5) is 10.5 Å². The van der Waals surface area contributed by atoms with Crippen LogP contribution in [-0.2, 0) is 40.2 Å². The maximum absolute atomic E-state index is 13.6. The quantitative estimate of drug-likeness (QED) is 0.165. The molecule has 0 aromatic heterocycles. The first-order valence-corrected chi connectivity index (χ1v) is 19.0. The number of nitrogens with one attached hydrogen (secondary N) is 2. The van der Waals surface area contributed by atoms with Crippen molar-refractivity contribution >= 4 is 47.1 Å². The van der Waals surface area contributed by atoms with Crippen molar-refractivity contribution in [1.29, 1.82) is 0 Å². The number of alkyl carbamates (subject to hydrolysis) is 1. The Labute approximate surface area is 336 Å². The van der Waals surface area contributed by atoms with Gasteiger partial charge in [0.1, 0.15) is 6.61 Å². The molecule has 0 radical (unpaired) electrons. The van der Waals surface area contributed by atoms with E-state index >= 15 is 0 Å². The number of carbonyl (C=O) groups excluding carboxylic acids is 6. The van der Waals surface area contributed by atoms with Crippen LogP contribution in [0.1, 0.15) is 92.4 Å². The fourth-order valence-corrected chi connectivity index (χ4v) is 5.79. The Hall–Kier alpha value is -6.53. The number of hydrogen-bond donors (Lipinski definition) is 3. The molecule has 0 bridgehead atoms. The lowest BCUT2D eigenvalue weighted by Crippen LogP contribution is -2.46. The predicted octanol–water partition coefficient (Wildman–Crippen LogP) is 4.38. The van der Waals surface area contributed by atoms with Gasteiger partial charge in [0.25, 0.3) is 17.7 Å². The Balaban J connectivity index is 0.000000284. The van der Waals surface area contributed by atoms with Crippen molar-refractivity contribution in [2.45, 2.75) is 78.0 Å². The molecule has 15 heteroatoms. The van der Waals surface area contributed by atoms with E-state index in [-0.39, 0.29) is 56.8 Å². The van der Waals surface area contributed by atoms with Crippen LogP contribution in [0.2, 0.25) is 0 Å². The number of fused-ring (bicyclic) bond motifs is 2. The number of rotatable bonds is 13. The molecule has 15 nitrogen and oxygen atoms in total. The van der Waals surface area contributed by atoms with Crippen LogP contribution in [0.3, 0.4) is 0 Å². The molecule has 6 rings (SSSR count). The van der Waals surface area contributed by atoms with Crippen LogP contribution in [0.15, 0.2) is 78.0 Å². The third-order valence-electron chi connectivity index (χ3n) is 9.00. The number of anilines is 1. The molecule has 3 aliphatic rings. The highest BCUT2D eigenvalue weighted by Gasteiger charge is 2.33. The minimum absolute atomic E-state index is 0.0260. The van der Waals surface area contributed by atoms with Gasteiger partial charge in [-0.25, -0.2) is 9.59 Å². The summed E-state index contributed by atoms with van der Waals surface area (Å²) >= 11 is 0. The standard InChI is InChI=1S/C31H29N3O5.C12H18N2O5/c1-31(2,20-35)32-30(37)38-19-21-11-13-23(14-12-21)27-17-25(39-33-27)18-34-28-10-6-4-8-24(28)16-15-22-7-3-5-9-26(22)29(34)36;1-8(2)7-13-9(15)3-6-12(18)19-14-10(16)4-5-11(14)17/h3-14,25,35H,17-20H2,1-2H3,(H,32,37);8H,3-7H2,1-2H3,(H,13,15). The van der Waals surface area contributed by atoms with Gasteiger partial charge in [0.2, 0.25) is 5.91 Å². The zero-order valence-corrected chi connectivity index (χ0v) is 32.9. The fourth-order valence-electron chi connectivity index (χ4n) is 5.79. The van der Waals surface area contributed by atoms with Crippen molar-refractivity contribution in [2.75, 3.05) is 24.6 Å². The number of hydrogen-bond acceptors (Lipinski definition) is 11. The van der Waals surface area contributed by atoms with E-state index < -0.39 is 29.4 Å². The lowest BCUT2D eigenvalue weighted by atomic mass is 10.0. The molecule has 58 heavy (non-hydrogen) atoms. The number of ether oxygens (including phenoxy) is 1. The van der Waals surface area contributed by atoms with E-state index in [1.807, 2.05) is 80.6 Å². The Morgan fingerprint density at radius 2 is 1.59 bits per heavy atom. The van der Waals surface area contributed by atoms with Gasteiger partial charge in [-0.1, -0.05) is 79.4 Å². The van der Waals surface area contributed by atoms with Gasteiger partial charge in [-0.2, -0.15) is 0 Å². The number of imide groups is 1. The number of carbonyl (C=O) groups is 6. The monoisotopic (exact) mass is 793 g/mol. The second-order valence-corrected chi connectivity index (χ2v) is 14.9. The Morgan fingerprint density at radius 3 is 2.28 bits per heavy atom. The van der Waals surface area contributed by atoms with E-state index in [0.717, 1.165) is 28.1 Å². The maximum atomic E-state index is 13.6. The van der Waals surface area contributed by atoms with E-state index in [9.17, 15) is 33.9 Å². The van der Waals surface area contributed by atoms with Gasteiger partial charge < -0.3 is 35.1 Å². The molecule has 1 atom stereocenters. The van der Waals surface area contributed by atoms with E-state index in [1.165, 1.54) is 0 Å².